The van der Waals surface area contributed by atoms with E-state index in [-0.39, 0.29) is 56.9 Å². The number of nitrogens with one attached hydrogen (secondary N) is 1. The molecule has 0 aliphatic heterocycles. The van der Waals surface area contributed by atoms with E-state index < -0.39 is 0 Å². The maximum Gasteiger partial charge on any atom is 0.264 e. The summed E-state index contributed by atoms with van der Waals surface area (Å²) in [4.78, 5) is 10.9. The number of halogens is 2. The Bertz CT molecular complexity index is 573. The van der Waals surface area contributed by atoms with Gasteiger partial charge in [-0.1, -0.05) is 23.2 Å². The van der Waals surface area contributed by atoms with Crippen molar-refractivity contribution >= 4 is 74.6 Å². The van der Waals surface area contributed by atoms with Gasteiger partial charge in [-0.2, -0.15) is 5.10 Å². The third-order valence-corrected chi connectivity index (χ3v) is 2.74. The van der Waals surface area contributed by atoms with Gasteiger partial charge in [0, 0.05) is 63.0 Å². The molecule has 2 aromatic rings. The topological polar surface area (TPSA) is 55.0 Å². The van der Waals surface area contributed by atoms with E-state index in [1.165, 1.54) is 13.2 Å². The summed E-state index contributed by atoms with van der Waals surface area (Å²) in [7, 11) is 1.49. The van der Waals surface area contributed by atoms with Gasteiger partial charge in [0.05, 0.1) is 22.8 Å². The van der Waals surface area contributed by atoms with Crippen LogP contribution in [0, 0.1) is 0 Å². The molecular formula is C11H8Cl2KN2O2. The fraction of sp³-hybridized carbons (Fsp3) is 0.0909. The normalized spacial score (nSPS) is 9.72. The van der Waals surface area contributed by atoms with Crippen molar-refractivity contribution in [3.8, 4) is 17.0 Å². The molecule has 0 saturated heterocycles. The molecule has 18 heavy (non-hydrogen) atoms. The largest absolute Gasteiger partial charge is 0.494 e. The molecule has 89 valence electrons. The summed E-state index contributed by atoms with van der Waals surface area (Å²) in [6.07, 6.45) is 0. The van der Waals surface area contributed by atoms with Crippen LogP contribution in [0.25, 0.3) is 11.3 Å². The first-order valence-electron chi connectivity index (χ1n) is 4.71. The molecule has 2 rings (SSSR count). The van der Waals surface area contributed by atoms with E-state index in [2.05, 4.69) is 10.2 Å². The van der Waals surface area contributed by atoms with Crippen molar-refractivity contribution in [3.63, 3.8) is 0 Å². The second-order valence-corrected chi connectivity index (χ2v) is 4.09. The summed E-state index contributed by atoms with van der Waals surface area (Å²) in [6, 6.07) is 6.32. The minimum Gasteiger partial charge on any atom is -0.494 e. The zero-order chi connectivity index (χ0) is 12.4. The van der Waals surface area contributed by atoms with Gasteiger partial charge in [0.15, 0.2) is 5.75 Å². The van der Waals surface area contributed by atoms with Crippen LogP contribution in [0.3, 0.4) is 0 Å². The second-order valence-electron chi connectivity index (χ2n) is 3.28. The van der Waals surface area contributed by atoms with E-state index in [9.17, 15) is 4.79 Å². The van der Waals surface area contributed by atoms with Crippen LogP contribution in [0.4, 0.5) is 0 Å². The van der Waals surface area contributed by atoms with E-state index >= 15 is 0 Å². The van der Waals surface area contributed by atoms with E-state index in [1.807, 2.05) is 0 Å². The monoisotopic (exact) mass is 309 g/mol. The number of ether oxygens (including phenoxy) is 1. The molecule has 0 aliphatic carbocycles. The molecule has 1 aromatic carbocycles. The van der Waals surface area contributed by atoms with Crippen LogP contribution < -0.4 is 10.3 Å². The number of aromatic amines is 1. The average Bonchev–Trinajstić information content (AvgIpc) is 2.29. The third kappa shape index (κ3) is 3.57. The maximum atomic E-state index is 10.9. The number of hydrogen-bond donors (Lipinski definition) is 1. The van der Waals surface area contributed by atoms with E-state index in [1.54, 1.807) is 18.2 Å². The summed E-state index contributed by atoms with van der Waals surface area (Å²) >= 11 is 12.0. The van der Waals surface area contributed by atoms with Crippen LogP contribution >= 0.6 is 23.2 Å². The van der Waals surface area contributed by atoms with Crippen molar-refractivity contribution in [2.24, 2.45) is 0 Å². The predicted octanol–water partition coefficient (Wildman–Crippen LogP) is 2.37. The van der Waals surface area contributed by atoms with E-state index in [0.717, 1.165) is 0 Å². The van der Waals surface area contributed by atoms with Gasteiger partial charge < -0.3 is 4.74 Å². The van der Waals surface area contributed by atoms with Crippen LogP contribution in [0.1, 0.15) is 0 Å². The standard InChI is InChI=1S/C11H8Cl2N2O2.K/c1-17-11-7(12)4-6(5-8(11)13)9-2-3-10(16)15-14-9;/h2-5H,1H3,(H,15,16);. The van der Waals surface area contributed by atoms with Crippen molar-refractivity contribution in [1.29, 1.82) is 0 Å². The Hall–Kier alpha value is 0.116. The zero-order valence-electron chi connectivity index (χ0n) is 9.83. The van der Waals surface area contributed by atoms with Crippen LogP contribution in [0.15, 0.2) is 29.1 Å². The first-order valence-corrected chi connectivity index (χ1v) is 5.46. The molecule has 0 aliphatic rings. The molecule has 0 atom stereocenters. The number of methoxy groups -OCH3 is 1. The van der Waals surface area contributed by atoms with Crippen molar-refractivity contribution in [3.05, 3.63) is 44.7 Å². The quantitative estimate of drug-likeness (QED) is 0.867. The van der Waals surface area contributed by atoms with Gasteiger partial charge in [-0.05, 0) is 18.2 Å². The molecule has 0 bridgehead atoms. The maximum absolute atomic E-state index is 10.9. The van der Waals surface area contributed by atoms with Gasteiger partial charge >= 0.3 is 0 Å². The molecule has 1 radical (unpaired) electrons. The van der Waals surface area contributed by atoms with Crippen LogP contribution in [0.2, 0.25) is 10.0 Å². The first-order chi connectivity index (χ1) is 8.11. The molecule has 7 heteroatoms. The van der Waals surface area contributed by atoms with Crippen LogP contribution in [0.5, 0.6) is 5.75 Å². The second kappa shape index (κ2) is 7.05. The van der Waals surface area contributed by atoms with E-state index in [0.29, 0.717) is 27.1 Å². The Labute approximate surface area is 156 Å². The van der Waals surface area contributed by atoms with Gasteiger partial charge in [-0.3, -0.25) is 4.79 Å². The van der Waals surface area contributed by atoms with Gasteiger partial charge in [-0.25, -0.2) is 5.10 Å². The SMILES string of the molecule is COc1c(Cl)cc(-c2ccc(=O)[nH]n2)cc1Cl.[K]. The number of H-pyrrole nitrogens is 1. The van der Waals surface area contributed by atoms with Gasteiger partial charge in [0.2, 0.25) is 0 Å². The Morgan fingerprint density at radius 2 is 1.83 bits per heavy atom. The molecule has 1 heterocycles. The smallest absolute Gasteiger partial charge is 0.264 e. The van der Waals surface area contributed by atoms with Crippen molar-refractivity contribution in [1.82, 2.24) is 10.2 Å². The Balaban J connectivity index is 0.00000162. The average molecular weight is 310 g/mol. The molecule has 0 fully saturated rings. The summed E-state index contributed by atoms with van der Waals surface area (Å²) in [5, 5.41) is 7.02. The molecule has 0 amide bonds. The van der Waals surface area contributed by atoms with Gasteiger partial charge in [0.1, 0.15) is 0 Å². The molecule has 4 nitrogen and oxygen atoms in total. The molecule has 0 unspecified atom stereocenters. The molecular weight excluding hydrogens is 302 g/mol. The Morgan fingerprint density at radius 1 is 1.22 bits per heavy atom. The molecule has 1 aromatic heterocycles. The molecule has 0 saturated carbocycles. The number of benzene rings is 1. The number of rotatable bonds is 2. The minimum absolute atomic E-state index is 0. The summed E-state index contributed by atoms with van der Waals surface area (Å²) in [5.74, 6) is 0.418. The Morgan fingerprint density at radius 3 is 2.28 bits per heavy atom. The first kappa shape index (κ1) is 16.2. The van der Waals surface area contributed by atoms with Gasteiger partial charge in [-0.15, -0.1) is 0 Å². The fourth-order valence-corrected chi connectivity index (χ4v) is 2.05. The number of aromatic nitrogens is 2. The number of hydrogen-bond acceptors (Lipinski definition) is 3. The molecule has 1 N–H and O–H groups in total. The van der Waals surface area contributed by atoms with Crippen LogP contribution in [-0.4, -0.2) is 68.7 Å². The third-order valence-electron chi connectivity index (χ3n) is 2.18. The molecule has 0 spiro atoms. The Kier molecular flexibility index (Phi) is 6.33. The summed E-state index contributed by atoms with van der Waals surface area (Å²) in [6.45, 7) is 0. The van der Waals surface area contributed by atoms with E-state index in [4.69, 9.17) is 27.9 Å². The minimum atomic E-state index is -0.264. The van der Waals surface area contributed by atoms with Crippen LogP contribution in [-0.2, 0) is 0 Å². The van der Waals surface area contributed by atoms with Crippen molar-refractivity contribution in [2.45, 2.75) is 0 Å². The predicted molar refractivity (Wildman–Crippen MR) is 72.6 cm³/mol. The fourth-order valence-electron chi connectivity index (χ4n) is 1.41. The number of nitrogens with zero attached hydrogens (tertiary/aromatic N) is 1. The summed E-state index contributed by atoms with van der Waals surface area (Å²) in [5.41, 5.74) is 1.02. The summed E-state index contributed by atoms with van der Waals surface area (Å²) < 4.78 is 5.04. The van der Waals surface area contributed by atoms with Crippen molar-refractivity contribution in [2.75, 3.05) is 7.11 Å². The van der Waals surface area contributed by atoms with Gasteiger partial charge in [0.25, 0.3) is 5.56 Å². The van der Waals surface area contributed by atoms with Crippen molar-refractivity contribution < 1.29 is 4.74 Å². The zero-order valence-corrected chi connectivity index (χ0v) is 14.5.